The third kappa shape index (κ3) is 3.04. The van der Waals surface area contributed by atoms with E-state index in [1.807, 2.05) is 0 Å². The summed E-state index contributed by atoms with van der Waals surface area (Å²) in [7, 11) is -3.01. The standard InChI is InChI=1S/C9H11BrO/c1-11-7-6-8-2-4-9(10)5-3-8/h2-5H,6-7H2,1H3/i1D3,6D2,7D2. The summed E-state index contributed by atoms with van der Waals surface area (Å²) in [6, 6.07) is 5.81. The van der Waals surface area contributed by atoms with Gasteiger partial charge in [-0.3, -0.25) is 0 Å². The molecule has 0 radical (unpaired) electrons. The van der Waals surface area contributed by atoms with Gasteiger partial charge in [0.25, 0.3) is 0 Å². The van der Waals surface area contributed by atoms with Crippen molar-refractivity contribution in [2.45, 2.75) is 6.37 Å². The molecule has 1 aromatic carbocycles. The van der Waals surface area contributed by atoms with Gasteiger partial charge in [-0.2, -0.15) is 0 Å². The summed E-state index contributed by atoms with van der Waals surface area (Å²) < 4.78 is 55.9. The Morgan fingerprint density at radius 3 is 2.91 bits per heavy atom. The van der Waals surface area contributed by atoms with Crippen LogP contribution in [0.15, 0.2) is 28.7 Å². The second kappa shape index (κ2) is 4.52. The van der Waals surface area contributed by atoms with Crippen LogP contribution < -0.4 is 0 Å². The number of methoxy groups -OCH3 is 1. The summed E-state index contributed by atoms with van der Waals surface area (Å²) in [4.78, 5) is 0. The van der Waals surface area contributed by atoms with E-state index < -0.39 is 20.0 Å². The largest absolute Gasteiger partial charge is 0.384 e. The molecule has 0 fully saturated rings. The Kier molecular flexibility index (Phi) is 1.31. The van der Waals surface area contributed by atoms with E-state index in [9.17, 15) is 0 Å². The zero-order valence-corrected chi connectivity index (χ0v) is 7.18. The van der Waals surface area contributed by atoms with Gasteiger partial charge in [-0.15, -0.1) is 0 Å². The van der Waals surface area contributed by atoms with Gasteiger partial charge in [0.15, 0.2) is 0 Å². The normalized spacial score (nSPS) is 23.2. The highest BCUT2D eigenvalue weighted by Gasteiger charge is 1.90. The molecule has 0 bridgehead atoms. The monoisotopic (exact) mass is 221 g/mol. The molecule has 0 amide bonds. The Morgan fingerprint density at radius 1 is 1.55 bits per heavy atom. The number of hydrogen-bond donors (Lipinski definition) is 0. The number of halogens is 1. The Bertz CT molecular complexity index is 412. The number of benzene rings is 1. The minimum Gasteiger partial charge on any atom is -0.384 e. The predicted octanol–water partition coefficient (Wildman–Crippen LogP) is 2.64. The van der Waals surface area contributed by atoms with E-state index in [1.165, 1.54) is 12.1 Å². The maximum absolute atomic E-state index is 7.72. The van der Waals surface area contributed by atoms with Gasteiger partial charge >= 0.3 is 0 Å². The Morgan fingerprint density at radius 2 is 2.27 bits per heavy atom. The molecule has 0 saturated carbocycles. The van der Waals surface area contributed by atoms with Crippen molar-refractivity contribution in [1.82, 2.24) is 0 Å². The van der Waals surface area contributed by atoms with Gasteiger partial charge < -0.3 is 4.74 Å². The second-order valence-electron chi connectivity index (χ2n) is 1.84. The average molecular weight is 222 g/mol. The zero-order chi connectivity index (χ0) is 14.2. The zero-order valence-electron chi connectivity index (χ0n) is 12.6. The molecule has 0 aliphatic heterocycles. The lowest BCUT2D eigenvalue weighted by Crippen LogP contribution is -1.93. The quantitative estimate of drug-likeness (QED) is 0.763. The van der Waals surface area contributed by atoms with Crippen molar-refractivity contribution in [3.8, 4) is 0 Å². The molecule has 0 aliphatic rings. The molecule has 0 N–H and O–H groups in total. The van der Waals surface area contributed by atoms with Crippen LogP contribution in [0.1, 0.15) is 15.2 Å². The maximum Gasteiger partial charge on any atom is 0.0570 e. The van der Waals surface area contributed by atoms with Crippen molar-refractivity contribution in [3.63, 3.8) is 0 Å². The van der Waals surface area contributed by atoms with Gasteiger partial charge in [-0.25, -0.2) is 0 Å². The van der Waals surface area contributed by atoms with Gasteiger partial charge in [0.05, 0.1) is 13.4 Å². The van der Waals surface area contributed by atoms with Crippen molar-refractivity contribution in [2.24, 2.45) is 0 Å². The molecule has 1 rings (SSSR count). The number of ether oxygens (including phenoxy) is 1. The predicted molar refractivity (Wildman–Crippen MR) is 49.7 cm³/mol. The molecule has 60 valence electrons. The van der Waals surface area contributed by atoms with Gasteiger partial charge in [0.1, 0.15) is 0 Å². The lowest BCUT2D eigenvalue weighted by molar-refractivity contribution is 0.202. The SMILES string of the molecule is [2H]C([2H])([2H])OC([2H])([2H])C([2H])([2H])c1ccc(Br)cc1. The summed E-state index contributed by atoms with van der Waals surface area (Å²) in [6.07, 6.45) is -2.58. The van der Waals surface area contributed by atoms with E-state index in [0.29, 0.717) is 4.47 Å². The second-order valence-corrected chi connectivity index (χ2v) is 2.75. The molecule has 11 heavy (non-hydrogen) atoms. The first-order chi connectivity index (χ1) is 7.96. The highest BCUT2D eigenvalue weighted by Crippen LogP contribution is 2.10. The van der Waals surface area contributed by atoms with E-state index in [0.717, 1.165) is 0 Å². The molecule has 0 spiro atoms. The van der Waals surface area contributed by atoms with Crippen molar-refractivity contribution in [1.29, 1.82) is 0 Å². The van der Waals surface area contributed by atoms with E-state index >= 15 is 0 Å². The minimum absolute atomic E-state index is 0.0000463. The van der Waals surface area contributed by atoms with Crippen LogP contribution in [0, 0.1) is 0 Å². The Hall–Kier alpha value is -0.340. The van der Waals surface area contributed by atoms with Crippen LogP contribution in [-0.2, 0) is 11.1 Å². The fraction of sp³-hybridized carbons (Fsp3) is 0.333. The average Bonchev–Trinajstić information content (AvgIpc) is 2.14. The van der Waals surface area contributed by atoms with Crippen LogP contribution in [0.25, 0.3) is 0 Å². The molecule has 0 aliphatic carbocycles. The molecule has 2 heteroatoms. The first-order valence-corrected chi connectivity index (χ1v) is 3.71. The lowest BCUT2D eigenvalue weighted by Gasteiger charge is -1.99. The summed E-state index contributed by atoms with van der Waals surface area (Å²) in [6.45, 7) is -2.97. The molecule has 0 saturated heterocycles. The van der Waals surface area contributed by atoms with Crippen LogP contribution in [0.2, 0.25) is 0 Å². The Balaban J connectivity index is 3.08. The highest BCUT2D eigenvalue weighted by atomic mass is 79.9. The molecular weight excluding hydrogens is 204 g/mol. The van der Waals surface area contributed by atoms with E-state index in [-0.39, 0.29) is 5.56 Å². The molecule has 0 unspecified atom stereocenters. The van der Waals surface area contributed by atoms with Crippen molar-refractivity contribution >= 4 is 15.9 Å². The molecule has 1 nitrogen and oxygen atoms in total. The highest BCUT2D eigenvalue weighted by molar-refractivity contribution is 9.10. The fourth-order valence-electron chi connectivity index (χ4n) is 0.618. The van der Waals surface area contributed by atoms with Gasteiger partial charge in [0.2, 0.25) is 0 Å². The topological polar surface area (TPSA) is 9.23 Å². The Labute approximate surface area is 85.3 Å². The van der Waals surface area contributed by atoms with E-state index in [2.05, 4.69) is 20.7 Å². The van der Waals surface area contributed by atoms with Crippen LogP contribution in [0.3, 0.4) is 0 Å². The maximum atomic E-state index is 7.72. The van der Waals surface area contributed by atoms with Crippen molar-refractivity contribution in [2.75, 3.05) is 13.6 Å². The molecule has 0 heterocycles. The number of aryl methyl sites for hydroxylation is 1. The summed E-state index contributed by atoms with van der Waals surface area (Å²) >= 11 is 3.17. The van der Waals surface area contributed by atoms with Gasteiger partial charge in [-0.1, -0.05) is 28.1 Å². The van der Waals surface area contributed by atoms with Crippen molar-refractivity contribution < 1.29 is 14.3 Å². The fourth-order valence-corrected chi connectivity index (χ4v) is 0.882. The van der Waals surface area contributed by atoms with Crippen LogP contribution in [-0.4, -0.2) is 13.6 Å². The third-order valence-electron chi connectivity index (χ3n) is 1.09. The lowest BCUT2D eigenvalue weighted by atomic mass is 10.2. The first kappa shape index (κ1) is 3.19. The van der Waals surface area contributed by atoms with Gasteiger partial charge in [-0.05, 0) is 24.1 Å². The van der Waals surface area contributed by atoms with E-state index in [1.54, 1.807) is 12.1 Å². The third-order valence-corrected chi connectivity index (χ3v) is 1.62. The number of hydrogen-bond acceptors (Lipinski definition) is 1. The summed E-state index contributed by atoms with van der Waals surface area (Å²) in [5, 5.41) is 0. The number of rotatable bonds is 3. The van der Waals surface area contributed by atoms with Crippen LogP contribution in [0.4, 0.5) is 0 Å². The van der Waals surface area contributed by atoms with Crippen LogP contribution in [0.5, 0.6) is 0 Å². The summed E-state index contributed by atoms with van der Waals surface area (Å²) in [5.41, 5.74) is -0.0000463. The van der Waals surface area contributed by atoms with Crippen molar-refractivity contribution in [3.05, 3.63) is 34.3 Å². The first-order valence-electron chi connectivity index (χ1n) is 6.42. The minimum atomic E-state index is -3.01. The smallest absolute Gasteiger partial charge is 0.0570 e. The van der Waals surface area contributed by atoms with Crippen LogP contribution >= 0.6 is 15.9 Å². The molecule has 0 aromatic heterocycles. The van der Waals surface area contributed by atoms with Gasteiger partial charge in [0, 0.05) is 14.3 Å². The summed E-state index contributed by atoms with van der Waals surface area (Å²) in [5.74, 6) is 0. The molecule has 1 aromatic rings. The van der Waals surface area contributed by atoms with E-state index in [4.69, 9.17) is 9.60 Å². The molecule has 0 atom stereocenters. The molecular formula is C9H11BrO.